The molecule has 0 radical (unpaired) electrons. The lowest BCUT2D eigenvalue weighted by molar-refractivity contribution is -0.162. The molecule has 0 spiro atoms. The van der Waals surface area contributed by atoms with Crippen molar-refractivity contribution in [3.8, 4) is 5.75 Å². The van der Waals surface area contributed by atoms with E-state index in [1.807, 2.05) is 200 Å². The van der Waals surface area contributed by atoms with Crippen LogP contribution in [0.15, 0.2) is 176 Å². The second-order valence-electron chi connectivity index (χ2n) is 29.2. The summed E-state index contributed by atoms with van der Waals surface area (Å²) in [6.45, 7) is 21.7. The Balaban J connectivity index is 1.31. The summed E-state index contributed by atoms with van der Waals surface area (Å²) in [4.78, 5) is 138. The molecule has 0 aliphatic carbocycles. The van der Waals surface area contributed by atoms with Crippen LogP contribution < -0.4 is 36.6 Å². The standard InChI is InChI=1S/C84H109N7O13/c1-14-56(7)73-81(99)91(13)69(50-59-41-44-66(45-42-59)104-83(10,11)12)79(97)88-74(57(8)15-2)82(100)103-58(9)75(80(98)86-68(49-54(3)4)78(96)85-67(77(95)87-73)46-48-72(101-52-60-31-21-16-22-32-60)102-53-61-33-23-17-24-34-61)89-76(94)62(51-70(92)55(5)6)43-47-71(93)90-84(63-35-25-18-26-36-63,64-37-27-19-28-38-64)65-39-29-20-30-40-65/h16-42,44-45,54-58,62,67-69,72-75H,14-15,43,46-53H2,1-13H3,(H,85,96)(H,86,98)(H,87,95)(H,88,97)(H,89,94)(H,90,93)/t56-,57-,58+,62+,67-,68-,69-,73-,74-,75-/m0/s1. The number of ether oxygens (including phenoxy) is 4. The van der Waals surface area contributed by atoms with E-state index in [1.165, 1.54) is 18.9 Å². The van der Waals surface area contributed by atoms with E-state index < -0.39 is 131 Å². The van der Waals surface area contributed by atoms with Gasteiger partial charge in [0.2, 0.25) is 41.4 Å². The molecule has 1 fully saturated rings. The fourth-order valence-corrected chi connectivity index (χ4v) is 12.6. The lowest BCUT2D eigenvalue weighted by atomic mass is 9.76. The van der Waals surface area contributed by atoms with Gasteiger partial charge in [-0.1, -0.05) is 232 Å². The third-order valence-electron chi connectivity index (χ3n) is 19.1. The molecule has 104 heavy (non-hydrogen) atoms. The molecule has 6 N–H and O–H groups in total. The van der Waals surface area contributed by atoms with Crippen LogP contribution in [-0.4, -0.2) is 119 Å². The fourth-order valence-electron chi connectivity index (χ4n) is 12.6. The van der Waals surface area contributed by atoms with E-state index in [-0.39, 0.29) is 69.9 Å². The third-order valence-corrected chi connectivity index (χ3v) is 19.1. The predicted octanol–water partition coefficient (Wildman–Crippen LogP) is 11.4. The molecule has 0 unspecified atom stereocenters. The molecular weight excluding hydrogens is 1310 g/mol. The molecule has 6 aromatic rings. The van der Waals surface area contributed by atoms with Crippen LogP contribution in [0.2, 0.25) is 0 Å². The molecule has 0 bridgehead atoms. The quantitative estimate of drug-likeness (QED) is 0.0139. The second-order valence-corrected chi connectivity index (χ2v) is 29.2. The van der Waals surface area contributed by atoms with Crippen molar-refractivity contribution in [3.05, 3.63) is 209 Å². The van der Waals surface area contributed by atoms with Crippen molar-refractivity contribution in [3.63, 3.8) is 0 Å². The number of benzene rings is 6. The van der Waals surface area contributed by atoms with Crippen LogP contribution in [0.1, 0.15) is 168 Å². The van der Waals surface area contributed by atoms with Gasteiger partial charge in [0, 0.05) is 44.6 Å². The van der Waals surface area contributed by atoms with Gasteiger partial charge in [-0.05, 0) is 110 Å². The summed E-state index contributed by atoms with van der Waals surface area (Å²) in [5, 5.41) is 17.8. The van der Waals surface area contributed by atoms with E-state index in [0.29, 0.717) is 24.2 Å². The molecule has 1 saturated heterocycles. The molecule has 7 rings (SSSR count). The summed E-state index contributed by atoms with van der Waals surface area (Å²) in [6.07, 6.45) is -2.73. The second kappa shape index (κ2) is 39.4. The van der Waals surface area contributed by atoms with E-state index in [1.54, 1.807) is 52.0 Å². The van der Waals surface area contributed by atoms with Crippen LogP contribution >= 0.6 is 0 Å². The van der Waals surface area contributed by atoms with Crippen LogP contribution in [0.3, 0.4) is 0 Å². The number of rotatable bonds is 30. The number of cyclic esters (lactones) is 1. The highest BCUT2D eigenvalue weighted by molar-refractivity contribution is 5.98. The number of nitrogens with one attached hydrogen (secondary N) is 6. The van der Waals surface area contributed by atoms with Crippen LogP contribution in [0.4, 0.5) is 0 Å². The number of carbonyl (C=O) groups excluding carboxylic acids is 9. The Morgan fingerprint density at radius 1 is 0.567 bits per heavy atom. The maximum Gasteiger partial charge on any atom is 0.329 e. The summed E-state index contributed by atoms with van der Waals surface area (Å²) < 4.78 is 25.2. The van der Waals surface area contributed by atoms with Crippen LogP contribution in [0, 0.1) is 29.6 Å². The zero-order valence-corrected chi connectivity index (χ0v) is 62.8. The topological polar surface area (TPSA) is 266 Å². The highest BCUT2D eigenvalue weighted by Gasteiger charge is 2.43. The SMILES string of the molecule is CC[C@H](C)[C@@H]1NC(=O)[C@H](Cc2ccc(OC(C)(C)C)cc2)N(C)C(=O)[C@H]([C@@H](C)CC)NC(=O)[C@H](CCC(OCc2ccccc2)OCc2ccccc2)NC(=O)[C@H](CC(C)C)NC(=O)[C@@H](NC(=O)[C@H](CCC(=O)NC(c2ccccc2)(c2ccccc2)c2ccccc2)CC(=O)C(C)C)[C@@H](C)OC1=O. The number of ketones is 1. The highest BCUT2D eigenvalue weighted by Crippen LogP contribution is 2.37. The number of esters is 1. The average Bonchev–Trinajstić information content (AvgIpc) is 0.755. The number of nitrogens with zero attached hydrogens (tertiary/aromatic N) is 1. The van der Waals surface area contributed by atoms with Crippen molar-refractivity contribution in [2.45, 2.75) is 214 Å². The van der Waals surface area contributed by atoms with E-state index in [9.17, 15) is 9.59 Å². The molecule has 558 valence electrons. The first-order valence-electron chi connectivity index (χ1n) is 36.7. The summed E-state index contributed by atoms with van der Waals surface area (Å²) in [5.41, 5.74) is 2.88. The van der Waals surface area contributed by atoms with Crippen LogP contribution in [0.25, 0.3) is 0 Å². The van der Waals surface area contributed by atoms with E-state index in [4.69, 9.17) is 18.9 Å². The Morgan fingerprint density at radius 2 is 1.04 bits per heavy atom. The fraction of sp³-hybridized carbons (Fsp3) is 0.464. The minimum absolute atomic E-state index is 0.00453. The van der Waals surface area contributed by atoms with Gasteiger partial charge in [0.05, 0.1) is 13.2 Å². The van der Waals surface area contributed by atoms with E-state index >= 15 is 33.6 Å². The summed E-state index contributed by atoms with van der Waals surface area (Å²) >= 11 is 0. The predicted molar refractivity (Wildman–Crippen MR) is 401 cm³/mol. The Morgan fingerprint density at radius 3 is 1.52 bits per heavy atom. The van der Waals surface area contributed by atoms with Gasteiger partial charge in [-0.25, -0.2) is 4.79 Å². The average molecular weight is 1420 g/mol. The Hall–Kier alpha value is -9.53. The van der Waals surface area contributed by atoms with Crippen LogP contribution in [0.5, 0.6) is 5.75 Å². The van der Waals surface area contributed by atoms with Gasteiger partial charge in [0.25, 0.3) is 0 Å². The van der Waals surface area contributed by atoms with Crippen molar-refractivity contribution < 1.29 is 62.1 Å². The number of hydrogen-bond donors (Lipinski definition) is 6. The lowest BCUT2D eigenvalue weighted by Crippen LogP contribution is -2.61. The van der Waals surface area contributed by atoms with Gasteiger partial charge in [0.1, 0.15) is 65.0 Å². The summed E-state index contributed by atoms with van der Waals surface area (Å²) in [5.74, 6) is -9.13. The highest BCUT2D eigenvalue weighted by atomic mass is 16.7. The first kappa shape index (κ1) is 81.8. The number of Topliss-reactive ketones (excluding diaryl/α,β-unsaturated/α-hetero) is 1. The molecular formula is C84H109N7O13. The van der Waals surface area contributed by atoms with E-state index in [2.05, 4.69) is 31.9 Å². The molecule has 1 heterocycles. The van der Waals surface area contributed by atoms with Gasteiger partial charge in [-0.15, -0.1) is 0 Å². The minimum Gasteiger partial charge on any atom is -0.488 e. The molecule has 20 heteroatoms. The lowest BCUT2D eigenvalue weighted by Gasteiger charge is -2.37. The smallest absolute Gasteiger partial charge is 0.329 e. The van der Waals surface area contributed by atoms with Gasteiger partial charge in [0.15, 0.2) is 6.29 Å². The third kappa shape index (κ3) is 23.8. The normalized spacial score (nSPS) is 20.0. The van der Waals surface area contributed by atoms with Gasteiger partial charge >= 0.3 is 5.97 Å². The molecule has 0 aromatic heterocycles. The monoisotopic (exact) mass is 1420 g/mol. The van der Waals surface area contributed by atoms with E-state index in [0.717, 1.165) is 27.8 Å². The number of carbonyl (C=O) groups is 9. The molecule has 10 atom stereocenters. The van der Waals surface area contributed by atoms with Gasteiger partial charge < -0.3 is 55.7 Å². The molecule has 0 saturated carbocycles. The minimum atomic E-state index is -1.79. The number of likely N-dealkylation sites (N-methyl/N-ethyl adjacent to an activating group) is 1. The summed E-state index contributed by atoms with van der Waals surface area (Å²) in [7, 11) is 1.47. The van der Waals surface area contributed by atoms with Gasteiger partial charge in [-0.2, -0.15) is 0 Å². The van der Waals surface area contributed by atoms with Crippen molar-refractivity contribution in [2.24, 2.45) is 29.6 Å². The van der Waals surface area contributed by atoms with Crippen molar-refractivity contribution in [1.82, 2.24) is 36.8 Å². The van der Waals surface area contributed by atoms with Crippen molar-refractivity contribution >= 4 is 53.1 Å². The first-order chi connectivity index (χ1) is 49.6. The molecule has 1 aliphatic rings. The zero-order chi connectivity index (χ0) is 75.7. The zero-order valence-electron chi connectivity index (χ0n) is 62.8. The Kier molecular flexibility index (Phi) is 31.0. The Labute approximate surface area is 614 Å². The molecule has 6 aromatic carbocycles. The summed E-state index contributed by atoms with van der Waals surface area (Å²) in [6, 6.07) is 45.9. The number of amides is 7. The largest absolute Gasteiger partial charge is 0.488 e. The Bertz CT molecular complexity index is 3600. The van der Waals surface area contributed by atoms with Crippen molar-refractivity contribution in [1.29, 1.82) is 0 Å². The maximum absolute atomic E-state index is 15.6. The maximum atomic E-state index is 15.6. The van der Waals surface area contributed by atoms with Crippen LogP contribution in [-0.2, 0) is 82.5 Å². The molecule has 20 nitrogen and oxygen atoms in total. The van der Waals surface area contributed by atoms with Gasteiger partial charge in [-0.3, -0.25) is 38.4 Å². The molecule has 7 amide bonds. The number of hydrogen-bond acceptors (Lipinski definition) is 13. The first-order valence-corrected chi connectivity index (χ1v) is 36.7. The van der Waals surface area contributed by atoms with Crippen molar-refractivity contribution in [2.75, 3.05) is 7.05 Å². The molecule has 1 aliphatic heterocycles.